The van der Waals surface area contributed by atoms with Crippen LogP contribution in [0.5, 0.6) is 0 Å². The zero-order valence-electron chi connectivity index (χ0n) is 12.1. The van der Waals surface area contributed by atoms with Gasteiger partial charge >= 0.3 is 0 Å². The van der Waals surface area contributed by atoms with E-state index in [2.05, 4.69) is 11.8 Å². The van der Waals surface area contributed by atoms with Crippen molar-refractivity contribution in [2.24, 2.45) is 0 Å². The smallest absolute Gasteiger partial charge is 0.0236 e. The Kier molecular flexibility index (Phi) is 6.69. The number of hydrogen-bond acceptors (Lipinski definition) is 1. The molecule has 19 heavy (non-hydrogen) atoms. The molecule has 2 fully saturated rings. The lowest BCUT2D eigenvalue weighted by atomic mass is 9.85. The number of hydrogen-bond donors (Lipinski definition) is 0. The molecule has 0 nitrogen and oxygen atoms in total. The quantitative estimate of drug-likeness (QED) is 0.511. The molecule has 0 atom stereocenters. The fourth-order valence-electron chi connectivity index (χ4n) is 4.00. The summed E-state index contributed by atoms with van der Waals surface area (Å²) < 4.78 is 0.951. The maximum atomic E-state index is 6.13. The van der Waals surface area contributed by atoms with Crippen LogP contribution in [-0.4, -0.2) is 21.3 Å². The maximum absolute atomic E-state index is 6.13. The summed E-state index contributed by atoms with van der Waals surface area (Å²) >= 11 is 14.6. The van der Waals surface area contributed by atoms with E-state index in [-0.39, 0.29) is 0 Å². The van der Waals surface area contributed by atoms with Crippen LogP contribution in [0.4, 0.5) is 0 Å². The molecular weight excluding hydrogens is 295 g/mol. The topological polar surface area (TPSA) is 0 Å². The largest absolute Gasteiger partial charge is 0.148 e. The Morgan fingerprint density at radius 2 is 1.00 bits per heavy atom. The highest BCUT2D eigenvalue weighted by molar-refractivity contribution is 8.02. The minimum Gasteiger partial charge on any atom is -0.148 e. The summed E-state index contributed by atoms with van der Waals surface area (Å²) in [4.78, 5) is 0. The van der Waals surface area contributed by atoms with Crippen molar-refractivity contribution in [2.75, 3.05) is 11.8 Å². The summed E-state index contributed by atoms with van der Waals surface area (Å²) in [6, 6.07) is 0. The molecule has 0 spiro atoms. The van der Waals surface area contributed by atoms with Gasteiger partial charge in [-0.05, 0) is 38.5 Å². The van der Waals surface area contributed by atoms with Gasteiger partial charge in [-0.3, -0.25) is 0 Å². The molecule has 2 saturated carbocycles. The van der Waals surface area contributed by atoms with Crippen LogP contribution in [0.25, 0.3) is 0 Å². The molecule has 0 unspecified atom stereocenters. The first kappa shape index (κ1) is 16.3. The average Bonchev–Trinajstić information content (AvgIpc) is 2.41. The van der Waals surface area contributed by atoms with Crippen molar-refractivity contribution in [2.45, 2.75) is 86.5 Å². The summed E-state index contributed by atoms with van der Waals surface area (Å²) in [5, 5.41) is 0. The van der Waals surface area contributed by atoms with Crippen LogP contribution in [-0.2, 0) is 0 Å². The highest BCUT2D eigenvalue weighted by Gasteiger charge is 2.42. The van der Waals surface area contributed by atoms with Gasteiger partial charge in [0, 0.05) is 21.3 Å². The number of thioether (sulfide) groups is 1. The Labute approximate surface area is 133 Å². The standard InChI is InChI=1S/C16H28Cl2S/c17-13-11-15(7-3-1-4-8-15)19-16(12-14-18)9-5-2-6-10-16/h1-14H2. The van der Waals surface area contributed by atoms with E-state index in [4.69, 9.17) is 23.2 Å². The molecule has 2 aliphatic rings. The van der Waals surface area contributed by atoms with Crippen LogP contribution in [0.15, 0.2) is 0 Å². The summed E-state index contributed by atoms with van der Waals surface area (Å²) in [6.45, 7) is 0. The van der Waals surface area contributed by atoms with E-state index in [1.165, 1.54) is 77.0 Å². The predicted molar refractivity (Wildman–Crippen MR) is 89.9 cm³/mol. The molecule has 3 heteroatoms. The molecule has 0 aliphatic heterocycles. The third-order valence-electron chi connectivity index (χ3n) is 5.06. The number of alkyl halides is 2. The third-order valence-corrected chi connectivity index (χ3v) is 7.53. The van der Waals surface area contributed by atoms with Gasteiger partial charge in [-0.2, -0.15) is 0 Å². The number of halogens is 2. The summed E-state index contributed by atoms with van der Waals surface area (Å²) in [6.07, 6.45) is 16.4. The van der Waals surface area contributed by atoms with Crippen LogP contribution in [0.3, 0.4) is 0 Å². The van der Waals surface area contributed by atoms with Gasteiger partial charge in [0.1, 0.15) is 0 Å². The predicted octanol–water partition coefficient (Wildman–Crippen LogP) is 6.38. The van der Waals surface area contributed by atoms with Crippen molar-refractivity contribution in [1.29, 1.82) is 0 Å². The first-order valence-corrected chi connectivity index (χ1v) is 9.95. The maximum Gasteiger partial charge on any atom is 0.0236 e. The Morgan fingerprint density at radius 1 is 0.632 bits per heavy atom. The van der Waals surface area contributed by atoms with Crippen LogP contribution in [0.2, 0.25) is 0 Å². The van der Waals surface area contributed by atoms with Crippen molar-refractivity contribution in [3.8, 4) is 0 Å². The zero-order chi connectivity index (χ0) is 13.6. The van der Waals surface area contributed by atoms with Crippen LogP contribution >= 0.6 is 35.0 Å². The van der Waals surface area contributed by atoms with E-state index >= 15 is 0 Å². The molecule has 2 rings (SSSR count). The molecule has 0 saturated heterocycles. The molecule has 0 amide bonds. The normalized spacial score (nSPS) is 26.2. The van der Waals surface area contributed by atoms with Gasteiger partial charge in [0.15, 0.2) is 0 Å². The van der Waals surface area contributed by atoms with E-state index in [0.717, 1.165) is 11.8 Å². The molecule has 0 bridgehead atoms. The van der Waals surface area contributed by atoms with Gasteiger partial charge in [0.25, 0.3) is 0 Å². The lowest BCUT2D eigenvalue weighted by Gasteiger charge is -2.47. The Bertz CT molecular complexity index is 218. The molecule has 112 valence electrons. The molecule has 0 aromatic carbocycles. The van der Waals surface area contributed by atoms with Gasteiger partial charge in [-0.25, -0.2) is 0 Å². The van der Waals surface area contributed by atoms with Crippen LogP contribution < -0.4 is 0 Å². The molecule has 0 radical (unpaired) electrons. The second-order valence-electron chi connectivity index (χ2n) is 6.47. The monoisotopic (exact) mass is 322 g/mol. The van der Waals surface area contributed by atoms with Gasteiger partial charge < -0.3 is 0 Å². The molecule has 0 heterocycles. The minimum atomic E-state index is 0.476. The first-order chi connectivity index (χ1) is 9.24. The second kappa shape index (κ2) is 7.80. The summed E-state index contributed by atoms with van der Waals surface area (Å²) in [7, 11) is 0. The Hall–Kier alpha value is 0.930. The van der Waals surface area contributed by atoms with Gasteiger partial charge in [0.05, 0.1) is 0 Å². The van der Waals surface area contributed by atoms with Crippen molar-refractivity contribution < 1.29 is 0 Å². The van der Waals surface area contributed by atoms with Gasteiger partial charge in [-0.15, -0.1) is 35.0 Å². The van der Waals surface area contributed by atoms with E-state index in [9.17, 15) is 0 Å². The average molecular weight is 323 g/mol. The SMILES string of the molecule is ClCCC1(SC2(CCCl)CCCCC2)CCCCC1. The highest BCUT2D eigenvalue weighted by Crippen LogP contribution is 2.54. The molecule has 0 aromatic heterocycles. The van der Waals surface area contributed by atoms with Crippen molar-refractivity contribution in [3.05, 3.63) is 0 Å². The Morgan fingerprint density at radius 3 is 1.32 bits per heavy atom. The first-order valence-electron chi connectivity index (χ1n) is 8.06. The van der Waals surface area contributed by atoms with E-state index in [0.29, 0.717) is 9.49 Å². The Balaban J connectivity index is 2.07. The summed E-state index contributed by atoms with van der Waals surface area (Å²) in [5.74, 6) is 1.65. The van der Waals surface area contributed by atoms with Gasteiger partial charge in [0.2, 0.25) is 0 Å². The molecule has 0 N–H and O–H groups in total. The fourth-order valence-corrected chi connectivity index (χ4v) is 7.26. The molecular formula is C16H28Cl2S. The van der Waals surface area contributed by atoms with E-state index in [1.807, 2.05) is 0 Å². The van der Waals surface area contributed by atoms with Crippen molar-refractivity contribution in [3.63, 3.8) is 0 Å². The highest BCUT2D eigenvalue weighted by atomic mass is 35.5. The lowest BCUT2D eigenvalue weighted by Crippen LogP contribution is -2.39. The second-order valence-corrected chi connectivity index (χ2v) is 9.16. The van der Waals surface area contributed by atoms with E-state index in [1.54, 1.807) is 0 Å². The molecule has 2 aliphatic carbocycles. The van der Waals surface area contributed by atoms with E-state index < -0.39 is 0 Å². The fraction of sp³-hybridized carbons (Fsp3) is 1.00. The third kappa shape index (κ3) is 4.45. The lowest BCUT2D eigenvalue weighted by molar-refractivity contribution is 0.357. The van der Waals surface area contributed by atoms with Gasteiger partial charge in [-0.1, -0.05) is 38.5 Å². The zero-order valence-corrected chi connectivity index (χ0v) is 14.4. The van der Waals surface area contributed by atoms with Crippen molar-refractivity contribution >= 4 is 35.0 Å². The van der Waals surface area contributed by atoms with Crippen LogP contribution in [0.1, 0.15) is 77.0 Å². The van der Waals surface area contributed by atoms with Crippen LogP contribution in [0, 0.1) is 0 Å². The molecule has 0 aromatic rings. The summed E-state index contributed by atoms with van der Waals surface area (Å²) in [5.41, 5.74) is 0. The minimum absolute atomic E-state index is 0.476. The number of rotatable bonds is 6. The van der Waals surface area contributed by atoms with Crippen molar-refractivity contribution in [1.82, 2.24) is 0 Å².